The Labute approximate surface area is 108 Å². The van der Waals surface area contributed by atoms with Crippen molar-refractivity contribution in [3.63, 3.8) is 0 Å². The van der Waals surface area contributed by atoms with Crippen LogP contribution >= 0.6 is 11.3 Å². The monoisotopic (exact) mass is 273 g/mol. The van der Waals surface area contributed by atoms with Crippen LogP contribution in [0.1, 0.15) is 17.0 Å². The zero-order chi connectivity index (χ0) is 13.5. The number of rotatable bonds is 6. The molecular formula is C10H15N3O4S. The molecule has 1 unspecified atom stereocenters. The first-order valence-electron chi connectivity index (χ1n) is 5.32. The summed E-state index contributed by atoms with van der Waals surface area (Å²) < 4.78 is 0. The van der Waals surface area contributed by atoms with Crippen LogP contribution in [0.4, 0.5) is 4.79 Å². The number of thiazole rings is 1. The van der Waals surface area contributed by atoms with E-state index in [1.54, 1.807) is 5.51 Å². The van der Waals surface area contributed by atoms with Gasteiger partial charge in [-0.2, -0.15) is 0 Å². The van der Waals surface area contributed by atoms with Crippen molar-refractivity contribution in [1.82, 2.24) is 15.6 Å². The molecule has 1 heterocycles. The zero-order valence-electron chi connectivity index (χ0n) is 9.84. The highest BCUT2D eigenvalue weighted by Gasteiger charge is 2.12. The molecule has 1 atom stereocenters. The van der Waals surface area contributed by atoms with Gasteiger partial charge in [0.2, 0.25) is 0 Å². The predicted molar refractivity (Wildman–Crippen MR) is 65.3 cm³/mol. The maximum Gasteiger partial charge on any atom is 0.332 e. The molecule has 0 saturated carbocycles. The molecule has 1 rings (SSSR count). The van der Waals surface area contributed by atoms with Gasteiger partial charge in [-0.1, -0.05) is 0 Å². The lowest BCUT2D eigenvalue weighted by Gasteiger charge is -2.08. The van der Waals surface area contributed by atoms with Crippen LogP contribution in [-0.4, -0.2) is 39.8 Å². The largest absolute Gasteiger partial charge is 0.479 e. The first-order valence-corrected chi connectivity index (χ1v) is 6.20. The summed E-state index contributed by atoms with van der Waals surface area (Å²) in [7, 11) is 0. The van der Waals surface area contributed by atoms with E-state index < -0.39 is 18.1 Å². The molecule has 0 bridgehead atoms. The van der Waals surface area contributed by atoms with Crippen LogP contribution in [0.15, 0.2) is 5.51 Å². The summed E-state index contributed by atoms with van der Waals surface area (Å²) in [6.45, 7) is 2.33. The topological polar surface area (TPSA) is 112 Å². The minimum Gasteiger partial charge on any atom is -0.479 e. The summed E-state index contributed by atoms with van der Waals surface area (Å²) in [6, 6.07) is -0.402. The SMILES string of the molecule is Cc1ncsc1CNC(=O)NCCC(O)C(=O)O. The average Bonchev–Trinajstić information content (AvgIpc) is 2.72. The Hall–Kier alpha value is -1.67. The van der Waals surface area contributed by atoms with E-state index in [0.29, 0.717) is 6.54 Å². The number of aromatic nitrogens is 1. The van der Waals surface area contributed by atoms with Gasteiger partial charge in [0, 0.05) is 17.8 Å². The summed E-state index contributed by atoms with van der Waals surface area (Å²) in [4.78, 5) is 26.7. The van der Waals surface area contributed by atoms with Crippen LogP contribution in [0.5, 0.6) is 0 Å². The molecule has 0 aliphatic rings. The molecule has 1 aromatic rings. The quantitative estimate of drug-likeness (QED) is 0.587. The molecule has 0 aliphatic carbocycles. The third-order valence-electron chi connectivity index (χ3n) is 2.24. The average molecular weight is 273 g/mol. The lowest BCUT2D eigenvalue weighted by atomic mass is 10.2. The van der Waals surface area contributed by atoms with Crippen molar-refractivity contribution in [3.8, 4) is 0 Å². The minimum absolute atomic E-state index is 0.0255. The summed E-state index contributed by atoms with van der Waals surface area (Å²) in [5.41, 5.74) is 2.58. The number of aliphatic hydroxyl groups is 1. The summed E-state index contributed by atoms with van der Waals surface area (Å²) in [6.07, 6.45) is -1.48. The van der Waals surface area contributed by atoms with E-state index in [2.05, 4.69) is 15.6 Å². The first-order chi connectivity index (χ1) is 8.50. The van der Waals surface area contributed by atoms with E-state index in [0.717, 1.165) is 10.6 Å². The normalized spacial score (nSPS) is 11.9. The fraction of sp³-hybridized carbons (Fsp3) is 0.500. The lowest BCUT2D eigenvalue weighted by Crippen LogP contribution is -2.37. The number of amides is 2. The Morgan fingerprint density at radius 1 is 1.50 bits per heavy atom. The van der Waals surface area contributed by atoms with Crippen LogP contribution in [0.3, 0.4) is 0 Å². The molecule has 2 amide bonds. The number of carbonyl (C=O) groups is 2. The van der Waals surface area contributed by atoms with Crippen LogP contribution in [0, 0.1) is 6.92 Å². The van der Waals surface area contributed by atoms with Crippen molar-refractivity contribution in [2.45, 2.75) is 26.0 Å². The molecule has 0 aromatic carbocycles. The van der Waals surface area contributed by atoms with Crippen molar-refractivity contribution < 1.29 is 19.8 Å². The highest BCUT2D eigenvalue weighted by molar-refractivity contribution is 7.09. The van der Waals surface area contributed by atoms with Crippen molar-refractivity contribution in [2.24, 2.45) is 0 Å². The number of nitrogens with one attached hydrogen (secondary N) is 2. The van der Waals surface area contributed by atoms with Gasteiger partial charge in [-0.05, 0) is 6.92 Å². The van der Waals surface area contributed by atoms with Crippen molar-refractivity contribution in [2.75, 3.05) is 6.54 Å². The zero-order valence-corrected chi connectivity index (χ0v) is 10.7. The fourth-order valence-electron chi connectivity index (χ4n) is 1.16. The Bertz CT molecular complexity index is 421. The minimum atomic E-state index is -1.45. The van der Waals surface area contributed by atoms with Crippen molar-refractivity contribution >= 4 is 23.3 Å². The van der Waals surface area contributed by atoms with Gasteiger partial charge in [0.1, 0.15) is 0 Å². The molecule has 18 heavy (non-hydrogen) atoms. The smallest absolute Gasteiger partial charge is 0.332 e. The number of aliphatic carboxylic acids is 1. The molecular weight excluding hydrogens is 258 g/mol. The second-order valence-electron chi connectivity index (χ2n) is 3.61. The van der Waals surface area contributed by atoms with Crippen LogP contribution in [0.25, 0.3) is 0 Å². The number of carboxylic acids is 1. The number of aryl methyl sites for hydroxylation is 1. The Morgan fingerprint density at radius 2 is 2.22 bits per heavy atom. The highest BCUT2D eigenvalue weighted by Crippen LogP contribution is 2.10. The summed E-state index contributed by atoms with van der Waals surface area (Å²) >= 11 is 1.45. The molecule has 100 valence electrons. The number of urea groups is 1. The van der Waals surface area contributed by atoms with Crippen LogP contribution in [-0.2, 0) is 11.3 Å². The molecule has 1 aromatic heterocycles. The third-order valence-corrected chi connectivity index (χ3v) is 3.18. The van der Waals surface area contributed by atoms with Crippen LogP contribution in [0.2, 0.25) is 0 Å². The maximum absolute atomic E-state index is 11.3. The Balaban J connectivity index is 2.19. The Kier molecular flexibility index (Phi) is 5.53. The van der Waals surface area contributed by atoms with Crippen molar-refractivity contribution in [1.29, 1.82) is 0 Å². The second-order valence-corrected chi connectivity index (χ2v) is 4.55. The van der Waals surface area contributed by atoms with E-state index in [1.165, 1.54) is 11.3 Å². The van der Waals surface area contributed by atoms with Gasteiger partial charge in [0.25, 0.3) is 0 Å². The molecule has 0 spiro atoms. The number of hydrogen-bond acceptors (Lipinski definition) is 5. The first kappa shape index (κ1) is 14.4. The van der Waals surface area contributed by atoms with Crippen molar-refractivity contribution in [3.05, 3.63) is 16.1 Å². The molecule has 7 nitrogen and oxygen atoms in total. The van der Waals surface area contributed by atoms with E-state index in [-0.39, 0.29) is 13.0 Å². The van der Waals surface area contributed by atoms with Gasteiger partial charge >= 0.3 is 12.0 Å². The number of carboxylic acid groups (broad SMARTS) is 1. The van der Waals surface area contributed by atoms with Gasteiger partial charge in [-0.3, -0.25) is 0 Å². The molecule has 0 fully saturated rings. The number of aliphatic hydroxyl groups excluding tert-OH is 1. The summed E-state index contributed by atoms with van der Waals surface area (Å²) in [5.74, 6) is -1.29. The van der Waals surface area contributed by atoms with E-state index in [1.807, 2.05) is 6.92 Å². The number of nitrogens with zero attached hydrogens (tertiary/aromatic N) is 1. The maximum atomic E-state index is 11.3. The molecule has 4 N–H and O–H groups in total. The van der Waals surface area contributed by atoms with Gasteiger partial charge < -0.3 is 20.8 Å². The molecule has 8 heteroatoms. The van der Waals surface area contributed by atoms with Crippen LogP contribution < -0.4 is 10.6 Å². The fourth-order valence-corrected chi connectivity index (χ4v) is 1.88. The Morgan fingerprint density at radius 3 is 2.78 bits per heavy atom. The molecule has 0 aliphatic heterocycles. The second kappa shape index (κ2) is 6.92. The van der Waals surface area contributed by atoms with E-state index in [4.69, 9.17) is 10.2 Å². The van der Waals surface area contributed by atoms with Gasteiger partial charge in [0.05, 0.1) is 17.7 Å². The van der Waals surface area contributed by atoms with E-state index in [9.17, 15) is 9.59 Å². The third kappa shape index (κ3) is 4.68. The predicted octanol–water partition coefficient (Wildman–Crippen LogP) is 0.0863. The van der Waals surface area contributed by atoms with Gasteiger partial charge in [-0.15, -0.1) is 11.3 Å². The van der Waals surface area contributed by atoms with Gasteiger partial charge in [-0.25, -0.2) is 14.6 Å². The number of carbonyl (C=O) groups excluding carboxylic acids is 1. The highest BCUT2D eigenvalue weighted by atomic mass is 32.1. The summed E-state index contributed by atoms with van der Waals surface area (Å²) in [5, 5.41) is 22.5. The lowest BCUT2D eigenvalue weighted by molar-refractivity contribution is -0.146. The number of hydrogen-bond donors (Lipinski definition) is 4. The van der Waals surface area contributed by atoms with Gasteiger partial charge in [0.15, 0.2) is 6.10 Å². The standard InChI is InChI=1S/C10H15N3O4S/c1-6-8(18-5-13-6)4-12-10(17)11-3-2-7(14)9(15)16/h5,7,14H,2-4H2,1H3,(H,15,16)(H2,11,12,17). The molecule has 0 radical (unpaired) electrons. The molecule has 0 saturated heterocycles. The van der Waals surface area contributed by atoms with E-state index >= 15 is 0 Å².